The van der Waals surface area contributed by atoms with E-state index in [4.69, 9.17) is 9.47 Å². The Bertz CT molecular complexity index is 1280. The van der Waals surface area contributed by atoms with Gasteiger partial charge in [0.25, 0.3) is 11.8 Å². The van der Waals surface area contributed by atoms with Crippen LogP contribution in [0.3, 0.4) is 0 Å². The molecule has 4 rings (SSSR count). The number of nitrogens with one attached hydrogen (secondary N) is 2. The molecule has 37 heavy (non-hydrogen) atoms. The van der Waals surface area contributed by atoms with E-state index >= 15 is 0 Å². The van der Waals surface area contributed by atoms with Crippen LogP contribution in [-0.2, 0) is 9.59 Å². The fourth-order valence-electron chi connectivity index (χ4n) is 4.21. The topological polar surface area (TPSA) is 124 Å². The molecule has 2 N–H and O–H groups in total. The number of carbonyl (C=O) groups excluding carboxylic acids is 2. The van der Waals surface area contributed by atoms with Gasteiger partial charge >= 0.3 is 0 Å². The molecule has 1 atom stereocenters. The van der Waals surface area contributed by atoms with Crippen molar-refractivity contribution in [2.75, 3.05) is 36.9 Å². The molecule has 2 amide bonds. The molecule has 3 aromatic rings. The summed E-state index contributed by atoms with van der Waals surface area (Å²) in [6.07, 6.45) is 0. The summed E-state index contributed by atoms with van der Waals surface area (Å²) in [5, 5.41) is 18.0. The Morgan fingerprint density at radius 3 is 2.49 bits per heavy atom. The minimum Gasteiger partial charge on any atom is -0.492 e. The first-order chi connectivity index (χ1) is 18.0. The van der Waals surface area contributed by atoms with Gasteiger partial charge in [0, 0.05) is 18.8 Å². The van der Waals surface area contributed by atoms with Crippen molar-refractivity contribution in [2.24, 2.45) is 0 Å². The number of carbonyl (C=O) groups is 2. The van der Waals surface area contributed by atoms with Crippen LogP contribution in [0.2, 0.25) is 0 Å². The Kier molecular flexibility index (Phi) is 8.02. The molecule has 0 saturated carbocycles. The quantitative estimate of drug-likeness (QED) is 0.430. The van der Waals surface area contributed by atoms with Crippen LogP contribution in [0.4, 0.5) is 11.6 Å². The highest BCUT2D eigenvalue weighted by Gasteiger charge is 2.34. The fourth-order valence-corrected chi connectivity index (χ4v) is 4.21. The first-order valence-corrected chi connectivity index (χ1v) is 12.3. The molecule has 0 spiro atoms. The van der Waals surface area contributed by atoms with E-state index < -0.39 is 6.04 Å². The minimum atomic E-state index is -0.586. The van der Waals surface area contributed by atoms with Crippen molar-refractivity contribution < 1.29 is 19.1 Å². The normalized spacial score (nSPS) is 14.4. The van der Waals surface area contributed by atoms with E-state index in [1.165, 1.54) is 0 Å². The SMILES string of the molecule is CCOc1ccccc1NC(=O)C1=C(C)Nc2nnnn2C1c1ccc(OCC(=O)N(CC)CC)cc1. The Morgan fingerprint density at radius 2 is 1.78 bits per heavy atom. The Labute approximate surface area is 215 Å². The monoisotopic (exact) mass is 505 g/mol. The lowest BCUT2D eigenvalue weighted by molar-refractivity contribution is -0.133. The van der Waals surface area contributed by atoms with Crippen molar-refractivity contribution >= 4 is 23.5 Å². The number of anilines is 2. The van der Waals surface area contributed by atoms with E-state index in [1.807, 2.05) is 52.0 Å². The molecule has 2 aromatic carbocycles. The van der Waals surface area contributed by atoms with Gasteiger partial charge in [0.1, 0.15) is 17.5 Å². The van der Waals surface area contributed by atoms with Crippen LogP contribution >= 0.6 is 0 Å². The van der Waals surface area contributed by atoms with Crippen LogP contribution in [0, 0.1) is 0 Å². The lowest BCUT2D eigenvalue weighted by Gasteiger charge is -2.28. The maximum atomic E-state index is 13.6. The second-order valence-electron chi connectivity index (χ2n) is 8.32. The highest BCUT2D eigenvalue weighted by Crippen LogP contribution is 2.36. The summed E-state index contributed by atoms with van der Waals surface area (Å²) in [6.45, 7) is 9.26. The van der Waals surface area contributed by atoms with E-state index in [1.54, 1.807) is 33.8 Å². The number of benzene rings is 2. The summed E-state index contributed by atoms with van der Waals surface area (Å²) in [6, 6.07) is 13.9. The number of tetrazole rings is 1. The number of amides is 2. The van der Waals surface area contributed by atoms with Gasteiger partial charge in [-0.05, 0) is 68.0 Å². The number of aromatic nitrogens is 4. The van der Waals surface area contributed by atoms with Crippen LogP contribution in [0.25, 0.3) is 0 Å². The number of allylic oxidation sites excluding steroid dienone is 1. The van der Waals surface area contributed by atoms with Crippen molar-refractivity contribution in [2.45, 2.75) is 33.7 Å². The Morgan fingerprint density at radius 1 is 1.05 bits per heavy atom. The highest BCUT2D eigenvalue weighted by molar-refractivity contribution is 6.06. The van der Waals surface area contributed by atoms with Crippen LogP contribution < -0.4 is 20.1 Å². The Hall–Kier alpha value is -4.41. The van der Waals surface area contributed by atoms with Gasteiger partial charge in [0.05, 0.1) is 17.9 Å². The molecule has 0 aliphatic carbocycles. The van der Waals surface area contributed by atoms with Gasteiger partial charge in [-0.3, -0.25) is 9.59 Å². The second kappa shape index (κ2) is 11.5. The summed E-state index contributed by atoms with van der Waals surface area (Å²) in [7, 11) is 0. The molecule has 11 nitrogen and oxygen atoms in total. The van der Waals surface area contributed by atoms with E-state index in [9.17, 15) is 9.59 Å². The van der Waals surface area contributed by atoms with Crippen LogP contribution in [0.15, 0.2) is 59.8 Å². The van der Waals surface area contributed by atoms with Gasteiger partial charge in [-0.1, -0.05) is 29.4 Å². The second-order valence-corrected chi connectivity index (χ2v) is 8.32. The molecular weight excluding hydrogens is 474 g/mol. The minimum absolute atomic E-state index is 0.0442. The third kappa shape index (κ3) is 5.55. The summed E-state index contributed by atoms with van der Waals surface area (Å²) in [5.41, 5.74) is 2.43. The molecule has 194 valence electrons. The third-order valence-corrected chi connectivity index (χ3v) is 6.07. The summed E-state index contributed by atoms with van der Waals surface area (Å²) < 4.78 is 12.9. The van der Waals surface area contributed by atoms with Crippen LogP contribution in [0.5, 0.6) is 11.5 Å². The van der Waals surface area contributed by atoms with Gasteiger partial charge in [-0.15, -0.1) is 0 Å². The smallest absolute Gasteiger partial charge is 0.260 e. The van der Waals surface area contributed by atoms with Crippen molar-refractivity contribution in [3.05, 3.63) is 65.4 Å². The number of hydrogen-bond donors (Lipinski definition) is 2. The largest absolute Gasteiger partial charge is 0.492 e. The molecule has 0 radical (unpaired) electrons. The van der Waals surface area contributed by atoms with E-state index in [-0.39, 0.29) is 18.4 Å². The number of para-hydroxylation sites is 2. The number of likely N-dealkylation sites (N-methyl/N-ethyl adjacent to an activating group) is 1. The molecular formula is C26H31N7O4. The number of hydrogen-bond acceptors (Lipinski definition) is 8. The fraction of sp³-hybridized carbons (Fsp3) is 0.346. The molecule has 0 saturated heterocycles. The molecule has 2 heterocycles. The van der Waals surface area contributed by atoms with E-state index in [2.05, 4.69) is 26.2 Å². The van der Waals surface area contributed by atoms with E-state index in [0.29, 0.717) is 54.1 Å². The van der Waals surface area contributed by atoms with Gasteiger partial charge in [0.2, 0.25) is 5.95 Å². The zero-order chi connectivity index (χ0) is 26.4. The number of fused-ring (bicyclic) bond motifs is 1. The van der Waals surface area contributed by atoms with E-state index in [0.717, 1.165) is 5.56 Å². The molecule has 1 aliphatic rings. The van der Waals surface area contributed by atoms with Crippen molar-refractivity contribution in [3.63, 3.8) is 0 Å². The summed E-state index contributed by atoms with van der Waals surface area (Å²) in [5.74, 6) is 1.18. The molecule has 11 heteroatoms. The molecule has 1 aliphatic heterocycles. The van der Waals surface area contributed by atoms with Crippen molar-refractivity contribution in [1.29, 1.82) is 0 Å². The summed E-state index contributed by atoms with van der Waals surface area (Å²) >= 11 is 0. The zero-order valence-corrected chi connectivity index (χ0v) is 21.4. The molecule has 0 bridgehead atoms. The summed E-state index contributed by atoms with van der Waals surface area (Å²) in [4.78, 5) is 27.6. The maximum Gasteiger partial charge on any atom is 0.260 e. The first-order valence-electron chi connectivity index (χ1n) is 12.3. The maximum absolute atomic E-state index is 13.6. The molecule has 1 aromatic heterocycles. The number of rotatable bonds is 10. The average Bonchev–Trinajstić information content (AvgIpc) is 3.37. The first kappa shape index (κ1) is 25.7. The average molecular weight is 506 g/mol. The molecule has 0 fully saturated rings. The van der Waals surface area contributed by atoms with Gasteiger partial charge < -0.3 is 25.0 Å². The van der Waals surface area contributed by atoms with Gasteiger partial charge in [-0.2, -0.15) is 4.68 Å². The van der Waals surface area contributed by atoms with Crippen molar-refractivity contribution in [1.82, 2.24) is 25.1 Å². The lowest BCUT2D eigenvalue weighted by atomic mass is 9.95. The predicted molar refractivity (Wildman–Crippen MR) is 138 cm³/mol. The van der Waals surface area contributed by atoms with Gasteiger partial charge in [-0.25, -0.2) is 0 Å². The third-order valence-electron chi connectivity index (χ3n) is 6.07. The van der Waals surface area contributed by atoms with Crippen LogP contribution in [-0.4, -0.2) is 63.2 Å². The highest BCUT2D eigenvalue weighted by atomic mass is 16.5. The van der Waals surface area contributed by atoms with Gasteiger partial charge in [0.15, 0.2) is 6.61 Å². The number of ether oxygens (including phenoxy) is 2. The van der Waals surface area contributed by atoms with Crippen LogP contribution in [0.1, 0.15) is 39.3 Å². The zero-order valence-electron chi connectivity index (χ0n) is 21.4. The van der Waals surface area contributed by atoms with Crippen molar-refractivity contribution in [3.8, 4) is 11.5 Å². The standard InChI is InChI=1S/C26H31N7O4/c1-5-32(6-2)22(34)16-37-19-14-12-18(13-15-19)24-23(17(4)27-26-29-30-31-33(24)26)25(35)28-20-10-8-9-11-21(20)36-7-3/h8-15,24H,5-7,16H2,1-4H3,(H,28,35)(H,27,29,31). The molecule has 1 unspecified atom stereocenters. The Balaban J connectivity index is 1.59. The predicted octanol–water partition coefficient (Wildman–Crippen LogP) is 3.25. The lowest BCUT2D eigenvalue weighted by Crippen LogP contribution is -2.34. The number of nitrogens with zero attached hydrogens (tertiary/aromatic N) is 5.